The van der Waals surface area contributed by atoms with Gasteiger partial charge < -0.3 is 10.2 Å². The summed E-state index contributed by atoms with van der Waals surface area (Å²) in [5, 5.41) is 19.7. The first-order chi connectivity index (χ1) is 8.78. The van der Waals surface area contributed by atoms with E-state index in [1.165, 1.54) is 12.1 Å². The SMILES string of the molecule is Oc1cccc(CC2(O)CCCC(C(F)(F)F)C2)c1. The van der Waals surface area contributed by atoms with E-state index in [1.54, 1.807) is 12.1 Å². The number of hydrogen-bond acceptors (Lipinski definition) is 2. The average Bonchev–Trinajstić information content (AvgIpc) is 2.27. The molecule has 0 radical (unpaired) electrons. The molecule has 2 atom stereocenters. The van der Waals surface area contributed by atoms with E-state index < -0.39 is 17.7 Å². The van der Waals surface area contributed by atoms with Gasteiger partial charge in [-0.25, -0.2) is 0 Å². The summed E-state index contributed by atoms with van der Waals surface area (Å²) in [4.78, 5) is 0. The Morgan fingerprint density at radius 3 is 2.68 bits per heavy atom. The van der Waals surface area contributed by atoms with Crippen LogP contribution in [-0.2, 0) is 6.42 Å². The molecule has 5 heteroatoms. The van der Waals surface area contributed by atoms with Gasteiger partial charge in [0.2, 0.25) is 0 Å². The molecule has 2 unspecified atom stereocenters. The van der Waals surface area contributed by atoms with E-state index in [1.807, 2.05) is 0 Å². The summed E-state index contributed by atoms with van der Waals surface area (Å²) in [6.45, 7) is 0. The Morgan fingerprint density at radius 1 is 1.32 bits per heavy atom. The molecule has 1 aromatic rings. The van der Waals surface area contributed by atoms with Crippen molar-refractivity contribution in [1.29, 1.82) is 0 Å². The molecule has 2 nitrogen and oxygen atoms in total. The van der Waals surface area contributed by atoms with E-state index in [-0.39, 0.29) is 25.0 Å². The molecule has 1 aromatic carbocycles. The maximum absolute atomic E-state index is 12.7. The molecule has 1 fully saturated rings. The smallest absolute Gasteiger partial charge is 0.391 e. The summed E-state index contributed by atoms with van der Waals surface area (Å²) in [7, 11) is 0. The fourth-order valence-corrected chi connectivity index (χ4v) is 2.83. The number of phenols is 1. The third kappa shape index (κ3) is 3.62. The van der Waals surface area contributed by atoms with Crippen molar-refractivity contribution in [2.45, 2.75) is 43.9 Å². The Bertz CT molecular complexity index is 445. The van der Waals surface area contributed by atoms with Crippen LogP contribution >= 0.6 is 0 Å². The second kappa shape index (κ2) is 5.04. The molecule has 19 heavy (non-hydrogen) atoms. The highest BCUT2D eigenvalue weighted by Gasteiger charge is 2.46. The van der Waals surface area contributed by atoms with Crippen molar-refractivity contribution < 1.29 is 23.4 Å². The number of benzene rings is 1. The summed E-state index contributed by atoms with van der Waals surface area (Å²) >= 11 is 0. The molecule has 106 valence electrons. The first kappa shape index (κ1) is 14.2. The summed E-state index contributed by atoms with van der Waals surface area (Å²) in [6.07, 6.45) is -3.52. The van der Waals surface area contributed by atoms with Crippen LogP contribution in [0.5, 0.6) is 5.75 Å². The van der Waals surface area contributed by atoms with Crippen LogP contribution in [0.3, 0.4) is 0 Å². The topological polar surface area (TPSA) is 40.5 Å². The number of hydrogen-bond donors (Lipinski definition) is 2. The van der Waals surface area contributed by atoms with Crippen LogP contribution < -0.4 is 0 Å². The molecule has 0 aliphatic heterocycles. The van der Waals surface area contributed by atoms with Crippen molar-refractivity contribution in [2.75, 3.05) is 0 Å². The molecule has 1 aliphatic carbocycles. The zero-order valence-corrected chi connectivity index (χ0v) is 10.5. The quantitative estimate of drug-likeness (QED) is 0.867. The van der Waals surface area contributed by atoms with E-state index in [4.69, 9.17) is 0 Å². The summed E-state index contributed by atoms with van der Waals surface area (Å²) < 4.78 is 38.2. The highest BCUT2D eigenvalue weighted by atomic mass is 19.4. The Labute approximate surface area is 109 Å². The van der Waals surface area contributed by atoms with Crippen molar-refractivity contribution in [3.8, 4) is 5.75 Å². The van der Waals surface area contributed by atoms with Crippen LogP contribution in [0.15, 0.2) is 24.3 Å². The minimum absolute atomic E-state index is 0.0595. The second-order valence-corrected chi connectivity index (χ2v) is 5.41. The standard InChI is InChI=1S/C14H17F3O2/c15-14(16,17)11-4-2-6-13(19,9-11)8-10-3-1-5-12(18)7-10/h1,3,5,7,11,18-19H,2,4,6,8-9H2. The molecule has 0 amide bonds. The largest absolute Gasteiger partial charge is 0.508 e. The third-order valence-electron chi connectivity index (χ3n) is 3.73. The number of aliphatic hydroxyl groups is 1. The minimum atomic E-state index is -4.24. The molecule has 2 N–H and O–H groups in total. The average molecular weight is 274 g/mol. The number of phenolic OH excluding ortho intramolecular Hbond substituents is 1. The van der Waals surface area contributed by atoms with Crippen LogP contribution in [0.25, 0.3) is 0 Å². The zero-order chi connectivity index (χ0) is 14.1. The van der Waals surface area contributed by atoms with Crippen LogP contribution in [-0.4, -0.2) is 22.0 Å². The Kier molecular flexibility index (Phi) is 3.76. The lowest BCUT2D eigenvalue weighted by atomic mass is 9.75. The molecular formula is C14H17F3O2. The number of aromatic hydroxyl groups is 1. The molecule has 0 spiro atoms. The van der Waals surface area contributed by atoms with E-state index in [0.29, 0.717) is 18.4 Å². The minimum Gasteiger partial charge on any atom is -0.508 e. The third-order valence-corrected chi connectivity index (χ3v) is 3.73. The highest BCUT2D eigenvalue weighted by molar-refractivity contribution is 5.28. The van der Waals surface area contributed by atoms with Gasteiger partial charge in [-0.15, -0.1) is 0 Å². The van der Waals surface area contributed by atoms with E-state index in [9.17, 15) is 23.4 Å². The summed E-state index contributed by atoms with van der Waals surface area (Å²) in [5.41, 5.74) is -0.669. The summed E-state index contributed by atoms with van der Waals surface area (Å²) in [6, 6.07) is 6.30. The van der Waals surface area contributed by atoms with Gasteiger partial charge in [-0.1, -0.05) is 12.1 Å². The van der Waals surface area contributed by atoms with Crippen molar-refractivity contribution in [1.82, 2.24) is 0 Å². The molecule has 1 saturated carbocycles. The van der Waals surface area contributed by atoms with Gasteiger partial charge in [0.25, 0.3) is 0 Å². The Hall–Kier alpha value is -1.23. The first-order valence-electron chi connectivity index (χ1n) is 6.35. The predicted molar refractivity (Wildman–Crippen MR) is 64.8 cm³/mol. The van der Waals surface area contributed by atoms with E-state index >= 15 is 0 Å². The lowest BCUT2D eigenvalue weighted by molar-refractivity contribution is -0.200. The molecule has 0 heterocycles. The second-order valence-electron chi connectivity index (χ2n) is 5.41. The maximum Gasteiger partial charge on any atom is 0.391 e. The van der Waals surface area contributed by atoms with Gasteiger partial charge in [0.15, 0.2) is 0 Å². The lowest BCUT2D eigenvalue weighted by Gasteiger charge is -2.37. The van der Waals surface area contributed by atoms with E-state index in [2.05, 4.69) is 0 Å². The normalized spacial score (nSPS) is 28.3. The van der Waals surface area contributed by atoms with Gasteiger partial charge in [-0.05, 0) is 43.4 Å². The highest BCUT2D eigenvalue weighted by Crippen LogP contribution is 2.43. The van der Waals surface area contributed by atoms with Gasteiger partial charge >= 0.3 is 6.18 Å². The number of alkyl halides is 3. The van der Waals surface area contributed by atoms with Crippen molar-refractivity contribution >= 4 is 0 Å². The van der Waals surface area contributed by atoms with Crippen molar-refractivity contribution in [3.05, 3.63) is 29.8 Å². The van der Waals surface area contributed by atoms with Crippen LogP contribution in [0.4, 0.5) is 13.2 Å². The van der Waals surface area contributed by atoms with E-state index in [0.717, 1.165) is 0 Å². The summed E-state index contributed by atoms with van der Waals surface area (Å²) in [5.74, 6) is -1.37. The van der Waals surface area contributed by atoms with Gasteiger partial charge in [0.05, 0.1) is 11.5 Å². The molecule has 0 aromatic heterocycles. The molecule has 0 bridgehead atoms. The van der Waals surface area contributed by atoms with Gasteiger partial charge in [0, 0.05) is 6.42 Å². The number of halogens is 3. The van der Waals surface area contributed by atoms with Crippen LogP contribution in [0, 0.1) is 5.92 Å². The fourth-order valence-electron chi connectivity index (χ4n) is 2.83. The number of rotatable bonds is 2. The fraction of sp³-hybridized carbons (Fsp3) is 0.571. The Morgan fingerprint density at radius 2 is 2.05 bits per heavy atom. The molecule has 1 aliphatic rings. The molecular weight excluding hydrogens is 257 g/mol. The lowest BCUT2D eigenvalue weighted by Crippen LogP contribution is -2.41. The van der Waals surface area contributed by atoms with Gasteiger partial charge in [-0.3, -0.25) is 0 Å². The van der Waals surface area contributed by atoms with Gasteiger partial charge in [-0.2, -0.15) is 13.2 Å². The zero-order valence-electron chi connectivity index (χ0n) is 10.5. The van der Waals surface area contributed by atoms with Crippen molar-refractivity contribution in [2.24, 2.45) is 5.92 Å². The molecule has 2 rings (SSSR count). The maximum atomic E-state index is 12.7. The Balaban J connectivity index is 2.10. The van der Waals surface area contributed by atoms with Crippen LogP contribution in [0.1, 0.15) is 31.2 Å². The monoisotopic (exact) mass is 274 g/mol. The van der Waals surface area contributed by atoms with Gasteiger partial charge in [0.1, 0.15) is 5.75 Å². The molecule has 0 saturated heterocycles. The predicted octanol–water partition coefficient (Wildman–Crippen LogP) is 3.42. The van der Waals surface area contributed by atoms with Crippen LogP contribution in [0.2, 0.25) is 0 Å². The first-order valence-corrected chi connectivity index (χ1v) is 6.35. The van der Waals surface area contributed by atoms with Crippen molar-refractivity contribution in [3.63, 3.8) is 0 Å².